The normalized spacial score (nSPS) is 20.4. The lowest BCUT2D eigenvalue weighted by Crippen LogP contribution is -2.37. The molecule has 2 atom stereocenters. The zero-order valence-electron chi connectivity index (χ0n) is 12.6. The number of piperidine rings is 1. The Balaban J connectivity index is 1.95. The average Bonchev–Trinajstić information content (AvgIpc) is 2.50. The number of para-hydroxylation sites is 1. The highest BCUT2D eigenvalue weighted by atomic mass is 16.2. The van der Waals surface area contributed by atoms with E-state index in [1.54, 1.807) is 0 Å². The van der Waals surface area contributed by atoms with Crippen molar-refractivity contribution < 1.29 is 4.79 Å². The van der Waals surface area contributed by atoms with Gasteiger partial charge in [0.2, 0.25) is 5.91 Å². The molecule has 1 N–H and O–H groups in total. The van der Waals surface area contributed by atoms with Crippen LogP contribution in [0.2, 0.25) is 0 Å². The van der Waals surface area contributed by atoms with Crippen molar-refractivity contribution in [1.82, 2.24) is 5.32 Å². The molecule has 1 saturated heterocycles. The third-order valence-corrected chi connectivity index (χ3v) is 4.32. The first-order chi connectivity index (χ1) is 9.72. The molecule has 0 aliphatic carbocycles. The average molecular weight is 274 g/mol. The number of rotatable bonds is 5. The highest BCUT2D eigenvalue weighted by Crippen LogP contribution is 2.24. The molecule has 1 aromatic rings. The van der Waals surface area contributed by atoms with E-state index >= 15 is 0 Å². The van der Waals surface area contributed by atoms with E-state index in [9.17, 15) is 4.79 Å². The Labute approximate surface area is 122 Å². The van der Waals surface area contributed by atoms with Crippen molar-refractivity contribution >= 4 is 11.6 Å². The number of nitrogens with one attached hydrogen (secondary N) is 1. The van der Waals surface area contributed by atoms with Crippen LogP contribution >= 0.6 is 0 Å². The first-order valence-corrected chi connectivity index (χ1v) is 7.78. The van der Waals surface area contributed by atoms with Gasteiger partial charge in [-0.3, -0.25) is 4.79 Å². The van der Waals surface area contributed by atoms with Crippen LogP contribution in [0.5, 0.6) is 0 Å². The lowest BCUT2D eigenvalue weighted by atomic mass is 9.85. The highest BCUT2D eigenvalue weighted by molar-refractivity contribution is 5.93. The second-order valence-electron chi connectivity index (χ2n) is 5.76. The molecular weight excluding hydrogens is 248 g/mol. The number of hydrogen-bond acceptors (Lipinski definition) is 2. The zero-order chi connectivity index (χ0) is 14.4. The summed E-state index contributed by atoms with van der Waals surface area (Å²) in [6.07, 6.45) is 3.13. The monoisotopic (exact) mass is 274 g/mol. The second-order valence-corrected chi connectivity index (χ2v) is 5.76. The SMILES string of the molecule is CCN(C(=O)CC(C)C1CCCNC1)c1ccccc1. The van der Waals surface area contributed by atoms with Gasteiger partial charge >= 0.3 is 0 Å². The molecule has 0 spiro atoms. The minimum atomic E-state index is 0.247. The molecule has 1 aliphatic rings. The molecule has 2 unspecified atom stereocenters. The number of amides is 1. The van der Waals surface area contributed by atoms with Crippen LogP contribution in [-0.2, 0) is 4.79 Å². The second kappa shape index (κ2) is 7.44. The Bertz CT molecular complexity index is 412. The minimum absolute atomic E-state index is 0.247. The Morgan fingerprint density at radius 2 is 2.15 bits per heavy atom. The first kappa shape index (κ1) is 15.0. The Hall–Kier alpha value is -1.35. The molecule has 1 aliphatic heterocycles. The van der Waals surface area contributed by atoms with Crippen molar-refractivity contribution in [1.29, 1.82) is 0 Å². The Kier molecular flexibility index (Phi) is 5.60. The molecule has 1 aromatic carbocycles. The molecule has 1 amide bonds. The number of nitrogens with zero attached hydrogens (tertiary/aromatic N) is 1. The summed E-state index contributed by atoms with van der Waals surface area (Å²) in [5, 5.41) is 3.44. The Morgan fingerprint density at radius 3 is 2.75 bits per heavy atom. The summed E-state index contributed by atoms with van der Waals surface area (Å²) >= 11 is 0. The molecule has 1 heterocycles. The zero-order valence-corrected chi connectivity index (χ0v) is 12.6. The van der Waals surface area contributed by atoms with Crippen LogP contribution in [0, 0.1) is 11.8 Å². The number of benzene rings is 1. The van der Waals surface area contributed by atoms with E-state index < -0.39 is 0 Å². The Morgan fingerprint density at radius 1 is 1.40 bits per heavy atom. The number of carbonyl (C=O) groups is 1. The van der Waals surface area contributed by atoms with Gasteiger partial charge in [-0.1, -0.05) is 25.1 Å². The van der Waals surface area contributed by atoms with E-state index in [4.69, 9.17) is 0 Å². The van der Waals surface area contributed by atoms with E-state index in [1.807, 2.05) is 42.2 Å². The van der Waals surface area contributed by atoms with Gasteiger partial charge in [-0.25, -0.2) is 0 Å². The van der Waals surface area contributed by atoms with Crippen LogP contribution in [-0.4, -0.2) is 25.5 Å². The summed E-state index contributed by atoms with van der Waals surface area (Å²) in [6, 6.07) is 9.97. The number of anilines is 1. The van der Waals surface area contributed by atoms with E-state index in [0.717, 1.165) is 25.3 Å². The van der Waals surface area contributed by atoms with Gasteiger partial charge < -0.3 is 10.2 Å². The van der Waals surface area contributed by atoms with Crippen LogP contribution in [0.4, 0.5) is 5.69 Å². The fourth-order valence-corrected chi connectivity index (χ4v) is 3.03. The third kappa shape index (κ3) is 3.83. The van der Waals surface area contributed by atoms with Crippen molar-refractivity contribution in [3.63, 3.8) is 0 Å². The maximum absolute atomic E-state index is 12.5. The van der Waals surface area contributed by atoms with Crippen molar-refractivity contribution in [3.8, 4) is 0 Å². The summed E-state index contributed by atoms with van der Waals surface area (Å²) in [7, 11) is 0. The van der Waals surface area contributed by atoms with Crippen LogP contribution in [0.25, 0.3) is 0 Å². The predicted molar refractivity (Wildman–Crippen MR) is 83.8 cm³/mol. The van der Waals surface area contributed by atoms with Crippen molar-refractivity contribution in [3.05, 3.63) is 30.3 Å². The van der Waals surface area contributed by atoms with E-state index in [-0.39, 0.29) is 5.91 Å². The largest absolute Gasteiger partial charge is 0.316 e. The van der Waals surface area contributed by atoms with Crippen molar-refractivity contribution in [2.24, 2.45) is 11.8 Å². The predicted octanol–water partition coefficient (Wildman–Crippen LogP) is 3.07. The molecule has 3 nitrogen and oxygen atoms in total. The molecule has 110 valence electrons. The van der Waals surface area contributed by atoms with Crippen molar-refractivity contribution in [2.45, 2.75) is 33.1 Å². The van der Waals surface area contributed by atoms with E-state index in [1.165, 1.54) is 12.8 Å². The lowest BCUT2D eigenvalue weighted by Gasteiger charge is -2.30. The maximum Gasteiger partial charge on any atom is 0.227 e. The standard InChI is InChI=1S/C17H26N2O/c1-3-19(16-9-5-4-6-10-16)17(20)12-14(2)15-8-7-11-18-13-15/h4-6,9-10,14-15,18H,3,7-8,11-13H2,1-2H3. The number of hydrogen-bond donors (Lipinski definition) is 1. The summed E-state index contributed by atoms with van der Waals surface area (Å²) in [5.41, 5.74) is 1.01. The fraction of sp³-hybridized carbons (Fsp3) is 0.588. The molecule has 20 heavy (non-hydrogen) atoms. The summed E-state index contributed by atoms with van der Waals surface area (Å²) in [6.45, 7) is 7.18. The topological polar surface area (TPSA) is 32.3 Å². The molecule has 1 fully saturated rings. The van der Waals surface area contributed by atoms with Gasteiger partial charge in [0, 0.05) is 18.7 Å². The molecule has 2 rings (SSSR count). The molecular formula is C17H26N2O. The summed E-state index contributed by atoms with van der Waals surface area (Å²) in [4.78, 5) is 14.4. The lowest BCUT2D eigenvalue weighted by molar-refractivity contribution is -0.119. The van der Waals surface area contributed by atoms with E-state index in [0.29, 0.717) is 18.3 Å². The fourth-order valence-electron chi connectivity index (χ4n) is 3.03. The maximum atomic E-state index is 12.5. The van der Waals surface area contributed by atoms with Crippen LogP contribution < -0.4 is 10.2 Å². The highest BCUT2D eigenvalue weighted by Gasteiger charge is 2.24. The number of carbonyl (C=O) groups excluding carboxylic acids is 1. The van der Waals surface area contributed by atoms with Crippen LogP contribution in [0.1, 0.15) is 33.1 Å². The first-order valence-electron chi connectivity index (χ1n) is 7.78. The quantitative estimate of drug-likeness (QED) is 0.895. The van der Waals surface area contributed by atoms with Gasteiger partial charge in [0.25, 0.3) is 0 Å². The van der Waals surface area contributed by atoms with Crippen molar-refractivity contribution in [2.75, 3.05) is 24.5 Å². The van der Waals surface area contributed by atoms with E-state index in [2.05, 4.69) is 12.2 Å². The molecule has 0 aromatic heterocycles. The third-order valence-electron chi connectivity index (χ3n) is 4.32. The molecule has 3 heteroatoms. The van der Waals surface area contributed by atoms with Gasteiger partial charge in [-0.2, -0.15) is 0 Å². The van der Waals surface area contributed by atoms with Gasteiger partial charge in [0.15, 0.2) is 0 Å². The summed E-state index contributed by atoms with van der Waals surface area (Å²) in [5.74, 6) is 1.34. The van der Waals surface area contributed by atoms with Gasteiger partial charge in [-0.05, 0) is 56.8 Å². The molecule has 0 saturated carbocycles. The summed E-state index contributed by atoms with van der Waals surface area (Å²) < 4.78 is 0. The van der Waals surface area contributed by atoms with Crippen LogP contribution in [0.15, 0.2) is 30.3 Å². The smallest absolute Gasteiger partial charge is 0.227 e. The minimum Gasteiger partial charge on any atom is -0.316 e. The van der Waals surface area contributed by atoms with Crippen LogP contribution in [0.3, 0.4) is 0 Å². The molecule has 0 radical (unpaired) electrons. The van der Waals surface area contributed by atoms with Gasteiger partial charge in [-0.15, -0.1) is 0 Å². The molecule has 0 bridgehead atoms. The van der Waals surface area contributed by atoms with Gasteiger partial charge in [0.05, 0.1) is 0 Å². The van der Waals surface area contributed by atoms with Gasteiger partial charge in [0.1, 0.15) is 0 Å².